The van der Waals surface area contributed by atoms with Gasteiger partial charge in [-0.05, 0) is 27.9 Å². The molecule has 0 saturated carbocycles. The maximum atomic E-state index is 11.0. The van der Waals surface area contributed by atoms with E-state index in [1.165, 1.54) is 0 Å². The summed E-state index contributed by atoms with van der Waals surface area (Å²) in [6.07, 6.45) is 1.86. The molecule has 3 nitrogen and oxygen atoms in total. The van der Waals surface area contributed by atoms with E-state index in [9.17, 15) is 4.79 Å². The highest BCUT2D eigenvalue weighted by Gasteiger charge is 2.02. The molecule has 0 rings (SSSR count). The van der Waals surface area contributed by atoms with Gasteiger partial charge in [0.05, 0.1) is 6.61 Å². The Kier molecular flexibility index (Phi) is 5.37. The fraction of sp³-hybridized carbons (Fsp3) is 0.667. The highest BCUT2D eigenvalue weighted by molar-refractivity contribution is 5.87. The normalized spacial score (nSPS) is 11.9. The summed E-state index contributed by atoms with van der Waals surface area (Å²) in [6, 6.07) is 0. The van der Waals surface area contributed by atoms with Crippen molar-refractivity contribution in [3.05, 3.63) is 11.6 Å². The molecule has 0 bridgehead atoms. The average molecular weight is 171 g/mol. The van der Waals surface area contributed by atoms with Crippen LogP contribution < -0.4 is 0 Å². The van der Waals surface area contributed by atoms with Crippen LogP contribution in [0.1, 0.15) is 13.8 Å². The zero-order valence-electron chi connectivity index (χ0n) is 8.26. The molecule has 0 fully saturated rings. The molecule has 0 aliphatic carbocycles. The Bertz CT molecular complexity index is 173. The van der Waals surface area contributed by atoms with E-state index in [4.69, 9.17) is 4.74 Å². The molecule has 0 N–H and O–H groups in total. The molecule has 3 heteroatoms. The van der Waals surface area contributed by atoms with E-state index in [1.807, 2.05) is 25.1 Å². The third-order valence-electron chi connectivity index (χ3n) is 1.36. The number of carbonyl (C=O) groups excluding carboxylic acids is 1. The van der Waals surface area contributed by atoms with Gasteiger partial charge < -0.3 is 9.64 Å². The molecule has 0 aromatic rings. The predicted molar refractivity (Wildman–Crippen MR) is 48.9 cm³/mol. The van der Waals surface area contributed by atoms with Gasteiger partial charge in [0, 0.05) is 12.1 Å². The van der Waals surface area contributed by atoms with Crippen molar-refractivity contribution in [1.82, 2.24) is 4.90 Å². The Hall–Kier alpha value is -0.830. The Morgan fingerprint density at radius 3 is 2.50 bits per heavy atom. The summed E-state index contributed by atoms with van der Waals surface area (Å²) in [6.45, 7) is 4.77. The second-order valence-corrected chi connectivity index (χ2v) is 2.87. The lowest BCUT2D eigenvalue weighted by atomic mass is 10.3. The third-order valence-corrected chi connectivity index (χ3v) is 1.36. The van der Waals surface area contributed by atoms with Crippen LogP contribution in [0.15, 0.2) is 11.6 Å². The predicted octanol–water partition coefficient (Wildman–Crippen LogP) is 1.06. The van der Waals surface area contributed by atoms with Crippen LogP contribution in [0.5, 0.6) is 0 Å². The van der Waals surface area contributed by atoms with E-state index in [-0.39, 0.29) is 5.97 Å². The number of hydrogen-bond acceptors (Lipinski definition) is 3. The molecule has 0 aliphatic rings. The Labute approximate surface area is 74.0 Å². The monoisotopic (exact) mass is 171 g/mol. The molecule has 0 saturated heterocycles. The van der Waals surface area contributed by atoms with E-state index < -0.39 is 0 Å². The summed E-state index contributed by atoms with van der Waals surface area (Å²) in [5.41, 5.74) is 0.672. The van der Waals surface area contributed by atoms with Crippen molar-refractivity contribution in [3.8, 4) is 0 Å². The Morgan fingerprint density at radius 2 is 2.08 bits per heavy atom. The molecule has 0 aliphatic heterocycles. The second-order valence-electron chi connectivity index (χ2n) is 2.87. The third kappa shape index (κ3) is 4.91. The second kappa shape index (κ2) is 5.77. The Morgan fingerprint density at radius 1 is 1.50 bits per heavy atom. The standard InChI is InChI=1S/C9H17NO2/c1-5-12-9(11)8(2)6-7-10(3)4/h6H,5,7H2,1-4H3/b8-6+. The van der Waals surface area contributed by atoms with E-state index in [1.54, 1.807) is 13.8 Å². The number of nitrogens with zero attached hydrogens (tertiary/aromatic N) is 1. The number of esters is 1. The minimum absolute atomic E-state index is 0.223. The van der Waals surface area contributed by atoms with Gasteiger partial charge in [-0.25, -0.2) is 4.79 Å². The topological polar surface area (TPSA) is 29.5 Å². The summed E-state index contributed by atoms with van der Waals surface area (Å²) in [5.74, 6) is -0.223. The van der Waals surface area contributed by atoms with E-state index in [2.05, 4.69) is 0 Å². The number of carbonyl (C=O) groups is 1. The van der Waals surface area contributed by atoms with Gasteiger partial charge in [0.15, 0.2) is 0 Å². The first-order valence-corrected chi connectivity index (χ1v) is 4.06. The van der Waals surface area contributed by atoms with Crippen molar-refractivity contribution in [2.24, 2.45) is 0 Å². The van der Waals surface area contributed by atoms with Crippen LogP contribution in [0.25, 0.3) is 0 Å². The van der Waals surface area contributed by atoms with Gasteiger partial charge in [-0.1, -0.05) is 6.08 Å². The first kappa shape index (κ1) is 11.2. The van der Waals surface area contributed by atoms with Crippen LogP contribution in [-0.4, -0.2) is 38.1 Å². The lowest BCUT2D eigenvalue weighted by molar-refractivity contribution is -0.138. The lowest BCUT2D eigenvalue weighted by Crippen LogP contribution is -2.13. The van der Waals surface area contributed by atoms with E-state index in [0.29, 0.717) is 12.2 Å². The van der Waals surface area contributed by atoms with Gasteiger partial charge in [0.1, 0.15) is 0 Å². The van der Waals surface area contributed by atoms with E-state index >= 15 is 0 Å². The van der Waals surface area contributed by atoms with Crippen molar-refractivity contribution in [3.63, 3.8) is 0 Å². The summed E-state index contributed by atoms with van der Waals surface area (Å²) in [4.78, 5) is 13.0. The Balaban J connectivity index is 3.90. The minimum Gasteiger partial charge on any atom is -0.463 e. The molecule has 12 heavy (non-hydrogen) atoms. The van der Waals surface area contributed by atoms with Crippen molar-refractivity contribution >= 4 is 5.97 Å². The number of ether oxygens (including phenoxy) is 1. The number of likely N-dealkylation sites (N-methyl/N-ethyl adjacent to an activating group) is 1. The van der Waals surface area contributed by atoms with E-state index in [0.717, 1.165) is 6.54 Å². The first-order valence-electron chi connectivity index (χ1n) is 4.06. The molecule has 0 amide bonds. The van der Waals surface area contributed by atoms with Gasteiger partial charge in [-0.2, -0.15) is 0 Å². The maximum Gasteiger partial charge on any atom is 0.333 e. The first-order chi connectivity index (χ1) is 5.57. The zero-order valence-corrected chi connectivity index (χ0v) is 8.26. The molecule has 0 aromatic heterocycles. The smallest absolute Gasteiger partial charge is 0.333 e. The highest BCUT2D eigenvalue weighted by atomic mass is 16.5. The van der Waals surface area contributed by atoms with Gasteiger partial charge in [-0.3, -0.25) is 0 Å². The van der Waals surface area contributed by atoms with Crippen LogP contribution in [0, 0.1) is 0 Å². The summed E-state index contributed by atoms with van der Waals surface area (Å²) in [7, 11) is 3.91. The largest absolute Gasteiger partial charge is 0.463 e. The molecule has 70 valence electrons. The molecule has 0 spiro atoms. The van der Waals surface area contributed by atoms with Gasteiger partial charge >= 0.3 is 5.97 Å². The van der Waals surface area contributed by atoms with Crippen LogP contribution in [0.3, 0.4) is 0 Å². The van der Waals surface area contributed by atoms with Gasteiger partial charge in [-0.15, -0.1) is 0 Å². The van der Waals surface area contributed by atoms with Gasteiger partial charge in [0.2, 0.25) is 0 Å². The molecular weight excluding hydrogens is 154 g/mol. The fourth-order valence-electron chi connectivity index (χ4n) is 0.648. The SMILES string of the molecule is CCOC(=O)/C(C)=C/CN(C)C. The minimum atomic E-state index is -0.223. The molecular formula is C9H17NO2. The summed E-state index contributed by atoms with van der Waals surface area (Å²) in [5, 5.41) is 0. The number of hydrogen-bond donors (Lipinski definition) is 0. The lowest BCUT2D eigenvalue weighted by Gasteiger charge is -2.06. The molecule has 0 unspecified atom stereocenters. The summed E-state index contributed by atoms with van der Waals surface area (Å²) >= 11 is 0. The molecule has 0 atom stereocenters. The fourth-order valence-corrected chi connectivity index (χ4v) is 0.648. The van der Waals surface area contributed by atoms with Crippen molar-refractivity contribution < 1.29 is 9.53 Å². The van der Waals surface area contributed by atoms with Crippen LogP contribution in [0.4, 0.5) is 0 Å². The summed E-state index contributed by atoms with van der Waals surface area (Å²) < 4.78 is 4.81. The van der Waals surface area contributed by atoms with Crippen LogP contribution in [0.2, 0.25) is 0 Å². The van der Waals surface area contributed by atoms with Crippen molar-refractivity contribution in [1.29, 1.82) is 0 Å². The molecule has 0 aromatic carbocycles. The van der Waals surface area contributed by atoms with Crippen LogP contribution >= 0.6 is 0 Å². The zero-order chi connectivity index (χ0) is 9.56. The number of rotatable bonds is 4. The molecule has 0 heterocycles. The average Bonchev–Trinajstić information content (AvgIpc) is 2.00. The highest BCUT2D eigenvalue weighted by Crippen LogP contribution is 1.96. The quantitative estimate of drug-likeness (QED) is 0.468. The van der Waals surface area contributed by atoms with Crippen LogP contribution in [-0.2, 0) is 9.53 Å². The maximum absolute atomic E-state index is 11.0. The van der Waals surface area contributed by atoms with Crippen molar-refractivity contribution in [2.75, 3.05) is 27.2 Å². The van der Waals surface area contributed by atoms with Crippen molar-refractivity contribution in [2.45, 2.75) is 13.8 Å². The van der Waals surface area contributed by atoms with Gasteiger partial charge in [0.25, 0.3) is 0 Å². The molecule has 0 radical (unpaired) electrons.